The van der Waals surface area contributed by atoms with Gasteiger partial charge in [-0.2, -0.15) is 0 Å². The number of amides is 1. The van der Waals surface area contributed by atoms with Gasteiger partial charge in [-0.15, -0.1) is 0 Å². The highest BCUT2D eigenvalue weighted by molar-refractivity contribution is 5.93. The molecule has 2 fully saturated rings. The first kappa shape index (κ1) is 14.5. The molecule has 1 saturated heterocycles. The summed E-state index contributed by atoms with van der Waals surface area (Å²) in [4.78, 5) is 16.2. The maximum absolute atomic E-state index is 12.0. The lowest BCUT2D eigenvalue weighted by atomic mass is 9.94. The molecule has 1 aliphatic carbocycles. The molecule has 1 amide bonds. The van der Waals surface area contributed by atoms with Crippen molar-refractivity contribution >= 4 is 5.91 Å². The number of pyridine rings is 1. The number of rotatable bonds is 3. The molecule has 21 heavy (non-hydrogen) atoms. The zero-order valence-corrected chi connectivity index (χ0v) is 12.4. The van der Waals surface area contributed by atoms with E-state index in [1.807, 2.05) is 13.0 Å². The molecule has 0 bridgehead atoms. The topological polar surface area (TPSA) is 60.5 Å². The molecule has 5 heteroatoms. The van der Waals surface area contributed by atoms with Gasteiger partial charge in [0, 0.05) is 31.3 Å². The Balaban J connectivity index is 1.49. The van der Waals surface area contributed by atoms with Gasteiger partial charge in [0.1, 0.15) is 6.10 Å². The Bertz CT molecular complexity index is 495. The van der Waals surface area contributed by atoms with Crippen LogP contribution in [0.25, 0.3) is 0 Å². The van der Waals surface area contributed by atoms with Gasteiger partial charge in [0.05, 0.1) is 12.2 Å². The third-order valence-electron chi connectivity index (χ3n) is 4.19. The van der Waals surface area contributed by atoms with Crippen molar-refractivity contribution in [2.45, 2.75) is 50.9 Å². The maximum atomic E-state index is 12.0. The molecule has 3 rings (SSSR count). The SMILES string of the molecule is Cc1ccc(C(=O)NCC2COC3(CCCCC3)O2)cn1. The van der Waals surface area contributed by atoms with Crippen molar-refractivity contribution in [1.82, 2.24) is 10.3 Å². The molecule has 1 aromatic heterocycles. The highest BCUT2D eigenvalue weighted by atomic mass is 16.7. The number of aromatic nitrogens is 1. The average molecular weight is 290 g/mol. The van der Waals surface area contributed by atoms with E-state index in [0.717, 1.165) is 31.4 Å². The number of carbonyl (C=O) groups excluding carboxylic acids is 1. The molecule has 1 saturated carbocycles. The van der Waals surface area contributed by atoms with E-state index in [2.05, 4.69) is 10.3 Å². The molecule has 1 unspecified atom stereocenters. The summed E-state index contributed by atoms with van der Waals surface area (Å²) in [5.41, 5.74) is 1.48. The largest absolute Gasteiger partial charge is 0.349 e. The van der Waals surface area contributed by atoms with E-state index in [9.17, 15) is 4.79 Å². The fraction of sp³-hybridized carbons (Fsp3) is 0.625. The molecule has 0 radical (unpaired) electrons. The first-order chi connectivity index (χ1) is 10.2. The Morgan fingerprint density at radius 1 is 1.38 bits per heavy atom. The van der Waals surface area contributed by atoms with Crippen LogP contribution in [0.5, 0.6) is 0 Å². The van der Waals surface area contributed by atoms with Gasteiger partial charge in [-0.05, 0) is 31.9 Å². The molecule has 1 aliphatic heterocycles. The second-order valence-corrected chi connectivity index (χ2v) is 5.92. The lowest BCUT2D eigenvalue weighted by Gasteiger charge is -2.31. The number of carbonyl (C=O) groups is 1. The Morgan fingerprint density at radius 3 is 2.90 bits per heavy atom. The highest BCUT2D eigenvalue weighted by Gasteiger charge is 2.42. The average Bonchev–Trinajstić information content (AvgIpc) is 2.89. The van der Waals surface area contributed by atoms with Gasteiger partial charge in [0.25, 0.3) is 5.91 Å². The standard InChI is InChI=1S/C16H22N2O3/c1-12-5-6-13(9-17-12)15(19)18-10-14-11-20-16(21-14)7-3-2-4-8-16/h5-6,9,14H,2-4,7-8,10-11H2,1H3,(H,18,19). The molecular formula is C16H22N2O3. The molecule has 5 nitrogen and oxygen atoms in total. The van der Waals surface area contributed by atoms with Crippen molar-refractivity contribution < 1.29 is 14.3 Å². The molecule has 1 N–H and O–H groups in total. The predicted molar refractivity (Wildman–Crippen MR) is 77.9 cm³/mol. The second kappa shape index (κ2) is 6.12. The van der Waals surface area contributed by atoms with Crippen molar-refractivity contribution in [3.05, 3.63) is 29.6 Å². The Hall–Kier alpha value is -1.46. The molecule has 1 atom stereocenters. The van der Waals surface area contributed by atoms with Gasteiger partial charge in [0.2, 0.25) is 0 Å². The summed E-state index contributed by atoms with van der Waals surface area (Å²) in [6.07, 6.45) is 7.07. The molecular weight excluding hydrogens is 268 g/mol. The summed E-state index contributed by atoms with van der Waals surface area (Å²) in [7, 11) is 0. The minimum Gasteiger partial charge on any atom is -0.349 e. The van der Waals surface area contributed by atoms with Crippen molar-refractivity contribution in [2.24, 2.45) is 0 Å². The molecule has 2 aliphatic rings. The summed E-state index contributed by atoms with van der Waals surface area (Å²) < 4.78 is 11.9. The van der Waals surface area contributed by atoms with Crippen molar-refractivity contribution in [3.8, 4) is 0 Å². The van der Waals surface area contributed by atoms with Crippen molar-refractivity contribution in [2.75, 3.05) is 13.2 Å². The molecule has 1 aromatic rings. The van der Waals surface area contributed by atoms with Crippen LogP contribution in [0.2, 0.25) is 0 Å². The van der Waals surface area contributed by atoms with Crippen molar-refractivity contribution in [3.63, 3.8) is 0 Å². The first-order valence-electron chi connectivity index (χ1n) is 7.70. The van der Waals surface area contributed by atoms with Gasteiger partial charge in [-0.25, -0.2) is 0 Å². The zero-order valence-electron chi connectivity index (χ0n) is 12.4. The van der Waals surface area contributed by atoms with E-state index >= 15 is 0 Å². The van der Waals surface area contributed by atoms with Crippen LogP contribution in [-0.2, 0) is 9.47 Å². The van der Waals surface area contributed by atoms with Crippen molar-refractivity contribution in [1.29, 1.82) is 0 Å². The maximum Gasteiger partial charge on any atom is 0.252 e. The molecule has 114 valence electrons. The molecule has 0 aromatic carbocycles. The van der Waals surface area contributed by atoms with E-state index < -0.39 is 0 Å². The van der Waals surface area contributed by atoms with Gasteiger partial charge in [-0.1, -0.05) is 6.42 Å². The number of hydrogen-bond acceptors (Lipinski definition) is 4. The summed E-state index contributed by atoms with van der Waals surface area (Å²) in [5.74, 6) is -0.491. The summed E-state index contributed by atoms with van der Waals surface area (Å²) in [5, 5.41) is 2.90. The van der Waals surface area contributed by atoms with Gasteiger partial charge >= 0.3 is 0 Å². The van der Waals surface area contributed by atoms with Gasteiger partial charge in [-0.3, -0.25) is 9.78 Å². The van der Waals surface area contributed by atoms with E-state index in [1.54, 1.807) is 12.3 Å². The second-order valence-electron chi connectivity index (χ2n) is 5.92. The summed E-state index contributed by atoms with van der Waals surface area (Å²) in [6.45, 7) is 2.94. The lowest BCUT2D eigenvalue weighted by Crippen LogP contribution is -2.37. The smallest absolute Gasteiger partial charge is 0.252 e. The third-order valence-corrected chi connectivity index (χ3v) is 4.19. The number of hydrogen-bond donors (Lipinski definition) is 1. The monoisotopic (exact) mass is 290 g/mol. The number of nitrogens with zero attached hydrogens (tertiary/aromatic N) is 1. The molecule has 2 heterocycles. The number of aryl methyl sites for hydroxylation is 1. The van der Waals surface area contributed by atoms with Gasteiger partial charge < -0.3 is 14.8 Å². The number of ether oxygens (including phenoxy) is 2. The van der Waals surface area contributed by atoms with Gasteiger partial charge in [0.15, 0.2) is 5.79 Å². The van der Waals surface area contributed by atoms with Crippen LogP contribution in [0, 0.1) is 6.92 Å². The lowest BCUT2D eigenvalue weighted by molar-refractivity contribution is -0.186. The molecule has 1 spiro atoms. The fourth-order valence-electron chi connectivity index (χ4n) is 2.98. The summed E-state index contributed by atoms with van der Waals surface area (Å²) in [6, 6.07) is 3.62. The van der Waals surface area contributed by atoms with Crippen LogP contribution in [0.15, 0.2) is 18.3 Å². The van der Waals surface area contributed by atoms with Crippen LogP contribution < -0.4 is 5.32 Å². The fourth-order valence-corrected chi connectivity index (χ4v) is 2.98. The Morgan fingerprint density at radius 2 is 2.19 bits per heavy atom. The Kier molecular flexibility index (Phi) is 4.22. The van der Waals surface area contributed by atoms with Crippen LogP contribution >= 0.6 is 0 Å². The third kappa shape index (κ3) is 3.41. The zero-order chi connectivity index (χ0) is 14.7. The summed E-state index contributed by atoms with van der Waals surface area (Å²) >= 11 is 0. The van der Waals surface area contributed by atoms with E-state index in [1.165, 1.54) is 6.42 Å². The number of nitrogens with one attached hydrogen (secondary N) is 1. The first-order valence-corrected chi connectivity index (χ1v) is 7.70. The normalized spacial score (nSPS) is 24.1. The predicted octanol–water partition coefficient (Wildman–Crippen LogP) is 2.20. The minimum atomic E-state index is -0.376. The highest BCUT2D eigenvalue weighted by Crippen LogP contribution is 2.37. The van der Waals surface area contributed by atoms with E-state index in [4.69, 9.17) is 9.47 Å². The quantitative estimate of drug-likeness (QED) is 0.927. The van der Waals surface area contributed by atoms with Crippen LogP contribution in [0.3, 0.4) is 0 Å². The van der Waals surface area contributed by atoms with Crippen LogP contribution in [0.1, 0.15) is 48.2 Å². The van der Waals surface area contributed by atoms with Crippen LogP contribution in [-0.4, -0.2) is 35.9 Å². The van der Waals surface area contributed by atoms with Crippen LogP contribution in [0.4, 0.5) is 0 Å². The van der Waals surface area contributed by atoms with E-state index in [0.29, 0.717) is 18.7 Å². The van der Waals surface area contributed by atoms with E-state index in [-0.39, 0.29) is 17.8 Å². The Labute approximate surface area is 125 Å². The minimum absolute atomic E-state index is 0.0505.